The summed E-state index contributed by atoms with van der Waals surface area (Å²) in [4.78, 5) is 11.2. The summed E-state index contributed by atoms with van der Waals surface area (Å²) in [6, 6.07) is 0. The van der Waals surface area contributed by atoms with Crippen LogP contribution >= 0.6 is 12.2 Å². The Morgan fingerprint density at radius 2 is 1.81 bits per heavy atom. The summed E-state index contributed by atoms with van der Waals surface area (Å²) < 4.78 is 0. The summed E-state index contributed by atoms with van der Waals surface area (Å²) in [6.07, 6.45) is 6.66. The van der Waals surface area contributed by atoms with Gasteiger partial charge < -0.3 is 5.32 Å². The molecule has 5 heteroatoms. The third kappa shape index (κ3) is 9.21. The molecule has 0 aliphatic heterocycles. The third-order valence-electron chi connectivity index (χ3n) is 1.34. The predicted molar refractivity (Wildman–Crippen MR) is 70.7 cm³/mol. The number of rotatable bonds is 2. The molecular weight excluding hydrogens is 222 g/mol. The van der Waals surface area contributed by atoms with Crippen LogP contribution in [-0.2, 0) is 4.79 Å². The second kappa shape index (κ2) is 7.00. The van der Waals surface area contributed by atoms with Gasteiger partial charge in [0, 0.05) is 11.6 Å². The molecule has 0 aromatic carbocycles. The van der Waals surface area contributed by atoms with Crippen molar-refractivity contribution in [2.24, 2.45) is 0 Å². The van der Waals surface area contributed by atoms with E-state index in [-0.39, 0.29) is 11.4 Å². The topological polar surface area (TPSA) is 53.2 Å². The summed E-state index contributed by atoms with van der Waals surface area (Å²) in [5.41, 5.74) is 4.93. The molecule has 1 amide bonds. The fraction of sp³-hybridized carbons (Fsp3) is 0.455. The highest BCUT2D eigenvalue weighted by Gasteiger charge is 2.10. The fourth-order valence-electron chi connectivity index (χ4n) is 0.786. The monoisotopic (exact) mass is 241 g/mol. The van der Waals surface area contributed by atoms with E-state index in [1.807, 2.05) is 33.8 Å². The van der Waals surface area contributed by atoms with Crippen LogP contribution in [0.2, 0.25) is 0 Å². The van der Waals surface area contributed by atoms with Crippen LogP contribution in [0.1, 0.15) is 27.7 Å². The van der Waals surface area contributed by atoms with Crippen molar-refractivity contribution >= 4 is 23.2 Å². The minimum atomic E-state index is -0.254. The van der Waals surface area contributed by atoms with Gasteiger partial charge in [0.05, 0.1) is 0 Å². The highest BCUT2D eigenvalue weighted by Crippen LogP contribution is 1.96. The van der Waals surface area contributed by atoms with Gasteiger partial charge >= 0.3 is 0 Å². The zero-order valence-corrected chi connectivity index (χ0v) is 10.9. The summed E-state index contributed by atoms with van der Waals surface area (Å²) in [7, 11) is 0. The lowest BCUT2D eigenvalue weighted by atomic mass is 10.1. The highest BCUT2D eigenvalue weighted by atomic mass is 32.1. The molecule has 0 rings (SSSR count). The van der Waals surface area contributed by atoms with Crippen LogP contribution in [0.4, 0.5) is 0 Å². The fourth-order valence-corrected chi connectivity index (χ4v) is 1.14. The van der Waals surface area contributed by atoms with Gasteiger partial charge in [-0.3, -0.25) is 15.6 Å². The molecule has 4 nitrogen and oxygen atoms in total. The van der Waals surface area contributed by atoms with Gasteiger partial charge in [-0.15, -0.1) is 0 Å². The predicted octanol–water partition coefficient (Wildman–Crippen LogP) is 1.41. The normalized spacial score (nSPS) is 11.8. The van der Waals surface area contributed by atoms with Gasteiger partial charge in [0.15, 0.2) is 5.11 Å². The van der Waals surface area contributed by atoms with Gasteiger partial charge in [0.25, 0.3) is 5.91 Å². The number of hydrogen-bond acceptors (Lipinski definition) is 2. The first kappa shape index (κ1) is 14.6. The van der Waals surface area contributed by atoms with Gasteiger partial charge in [0.2, 0.25) is 0 Å². The van der Waals surface area contributed by atoms with E-state index in [0.717, 1.165) is 0 Å². The second-order valence-corrected chi connectivity index (χ2v) is 4.61. The molecule has 0 fully saturated rings. The zero-order chi connectivity index (χ0) is 12.6. The summed E-state index contributed by atoms with van der Waals surface area (Å²) >= 11 is 4.98. The van der Waals surface area contributed by atoms with Gasteiger partial charge in [-0.05, 0) is 39.9 Å². The molecule has 0 radical (unpaired) electrons. The smallest absolute Gasteiger partial charge is 0.262 e. The average molecular weight is 241 g/mol. The molecule has 16 heavy (non-hydrogen) atoms. The lowest BCUT2D eigenvalue weighted by molar-refractivity contribution is -0.117. The van der Waals surface area contributed by atoms with Gasteiger partial charge in [0.1, 0.15) is 0 Å². The molecular formula is C11H19N3OS. The van der Waals surface area contributed by atoms with Crippen LogP contribution in [-0.4, -0.2) is 16.6 Å². The number of thiocarbonyl (C=S) groups is 1. The molecule has 3 N–H and O–H groups in total. The lowest BCUT2D eigenvalue weighted by Crippen LogP contribution is -2.51. The van der Waals surface area contributed by atoms with E-state index >= 15 is 0 Å². The first-order valence-electron chi connectivity index (χ1n) is 5.02. The Morgan fingerprint density at radius 3 is 2.31 bits per heavy atom. The van der Waals surface area contributed by atoms with Gasteiger partial charge in [-0.2, -0.15) is 0 Å². The molecule has 90 valence electrons. The number of allylic oxidation sites excluding steroid dienone is 3. The number of nitrogens with one attached hydrogen (secondary N) is 3. The van der Waals surface area contributed by atoms with E-state index in [9.17, 15) is 4.79 Å². The van der Waals surface area contributed by atoms with Crippen LogP contribution < -0.4 is 16.2 Å². The molecule has 0 unspecified atom stereocenters. The van der Waals surface area contributed by atoms with Crippen LogP contribution in [0, 0.1) is 0 Å². The molecule has 0 aliphatic rings. The largest absolute Gasteiger partial charge is 0.357 e. The number of carbonyl (C=O) groups excluding carboxylic acids is 1. The minimum Gasteiger partial charge on any atom is -0.357 e. The summed E-state index contributed by atoms with van der Waals surface area (Å²) in [6.45, 7) is 7.82. The quantitative estimate of drug-likeness (QED) is 0.296. The molecule has 0 aromatic rings. The first-order valence-corrected chi connectivity index (χ1v) is 5.43. The first-order chi connectivity index (χ1) is 7.35. The maximum atomic E-state index is 11.2. The van der Waals surface area contributed by atoms with Crippen LogP contribution in [0.25, 0.3) is 0 Å². The Kier molecular flexibility index (Phi) is 6.41. The molecule has 0 atom stereocenters. The van der Waals surface area contributed by atoms with E-state index in [0.29, 0.717) is 5.11 Å². The van der Waals surface area contributed by atoms with E-state index < -0.39 is 0 Å². The molecule has 0 saturated heterocycles. The van der Waals surface area contributed by atoms with Crippen molar-refractivity contribution < 1.29 is 4.79 Å². The van der Waals surface area contributed by atoms with Crippen molar-refractivity contribution in [2.45, 2.75) is 33.2 Å². The number of carbonyl (C=O) groups is 1. The molecule has 0 spiro atoms. The lowest BCUT2D eigenvalue weighted by Gasteiger charge is -2.22. The Hall–Kier alpha value is -1.36. The number of amides is 1. The summed E-state index contributed by atoms with van der Waals surface area (Å²) in [5.74, 6) is -0.254. The Bertz CT molecular complexity index is 303. The van der Waals surface area contributed by atoms with Crippen LogP contribution in [0.5, 0.6) is 0 Å². The Labute approximate surface area is 102 Å². The van der Waals surface area contributed by atoms with E-state index in [1.54, 1.807) is 12.2 Å². The summed E-state index contributed by atoms with van der Waals surface area (Å²) in [5, 5.41) is 3.40. The molecule has 0 aliphatic carbocycles. The van der Waals surface area contributed by atoms with Crippen molar-refractivity contribution in [3.05, 3.63) is 24.3 Å². The van der Waals surface area contributed by atoms with E-state index in [2.05, 4.69) is 16.2 Å². The van der Waals surface area contributed by atoms with Crippen LogP contribution in [0.15, 0.2) is 24.3 Å². The Balaban J connectivity index is 3.89. The molecule has 0 bridgehead atoms. The average Bonchev–Trinajstić information content (AvgIpc) is 2.12. The third-order valence-corrected chi connectivity index (χ3v) is 1.54. The van der Waals surface area contributed by atoms with Crippen molar-refractivity contribution in [3.63, 3.8) is 0 Å². The number of hydrogen-bond donors (Lipinski definition) is 3. The van der Waals surface area contributed by atoms with Gasteiger partial charge in [-0.1, -0.05) is 18.2 Å². The zero-order valence-electron chi connectivity index (χ0n) is 10.1. The van der Waals surface area contributed by atoms with E-state index in [4.69, 9.17) is 12.2 Å². The maximum Gasteiger partial charge on any atom is 0.262 e. The maximum absolute atomic E-state index is 11.2. The Morgan fingerprint density at radius 1 is 1.19 bits per heavy atom. The molecule has 0 saturated carbocycles. The second-order valence-electron chi connectivity index (χ2n) is 4.20. The van der Waals surface area contributed by atoms with Crippen LogP contribution in [0.3, 0.4) is 0 Å². The SMILES string of the molecule is C/C=C/C=C/C(=O)NNC(=S)NC(C)(C)C. The molecule has 0 heterocycles. The van der Waals surface area contributed by atoms with Crippen molar-refractivity contribution in [3.8, 4) is 0 Å². The minimum absolute atomic E-state index is 0.129. The van der Waals surface area contributed by atoms with E-state index in [1.165, 1.54) is 6.08 Å². The highest BCUT2D eigenvalue weighted by molar-refractivity contribution is 7.80. The number of hydrazine groups is 1. The van der Waals surface area contributed by atoms with Gasteiger partial charge in [-0.25, -0.2) is 0 Å². The van der Waals surface area contributed by atoms with Crippen molar-refractivity contribution in [2.75, 3.05) is 0 Å². The van der Waals surface area contributed by atoms with Crippen molar-refractivity contribution in [1.82, 2.24) is 16.2 Å². The standard InChI is InChI=1S/C11H19N3OS/c1-5-6-7-8-9(15)13-14-10(16)12-11(2,3)4/h5-8H,1-4H3,(H,13,15)(H2,12,14,16)/b6-5+,8-7+. The van der Waals surface area contributed by atoms with Crippen molar-refractivity contribution in [1.29, 1.82) is 0 Å². The molecule has 0 aromatic heterocycles.